The van der Waals surface area contributed by atoms with Crippen LogP contribution in [0.3, 0.4) is 0 Å². The predicted molar refractivity (Wildman–Crippen MR) is 78.0 cm³/mol. The molecule has 0 fully saturated rings. The molecule has 4 N–H and O–H groups in total. The molecule has 0 aliphatic rings. The van der Waals surface area contributed by atoms with Crippen LogP contribution in [0.25, 0.3) is 0 Å². The maximum absolute atomic E-state index is 11.8. The number of oxime groups is 1. The van der Waals surface area contributed by atoms with Crippen LogP contribution in [0.1, 0.15) is 26.7 Å². The molecule has 20 heavy (non-hydrogen) atoms. The Morgan fingerprint density at radius 1 is 1.45 bits per heavy atom. The van der Waals surface area contributed by atoms with Crippen molar-refractivity contribution in [1.29, 1.82) is 0 Å². The van der Waals surface area contributed by atoms with E-state index in [2.05, 4.69) is 17.4 Å². The molecule has 1 aromatic rings. The Balaban J connectivity index is 2.52. The van der Waals surface area contributed by atoms with Crippen LogP contribution in [0.15, 0.2) is 29.4 Å². The summed E-state index contributed by atoms with van der Waals surface area (Å²) in [5.41, 5.74) is 6.01. The third kappa shape index (κ3) is 5.17. The van der Waals surface area contributed by atoms with Gasteiger partial charge in [0.2, 0.25) is 5.91 Å². The SMILES string of the molecule is CCCC(C)C(=O)Nc1ccc(OC/C(N)=N/O)cc1. The van der Waals surface area contributed by atoms with E-state index >= 15 is 0 Å². The average molecular weight is 279 g/mol. The van der Waals surface area contributed by atoms with Crippen molar-refractivity contribution in [1.82, 2.24) is 0 Å². The van der Waals surface area contributed by atoms with Crippen LogP contribution in [-0.2, 0) is 4.79 Å². The van der Waals surface area contributed by atoms with Crippen molar-refractivity contribution in [3.63, 3.8) is 0 Å². The van der Waals surface area contributed by atoms with Crippen LogP contribution < -0.4 is 15.8 Å². The number of ether oxygens (including phenoxy) is 1. The van der Waals surface area contributed by atoms with E-state index < -0.39 is 0 Å². The van der Waals surface area contributed by atoms with Crippen molar-refractivity contribution in [2.75, 3.05) is 11.9 Å². The van der Waals surface area contributed by atoms with Gasteiger partial charge in [-0.1, -0.05) is 25.4 Å². The summed E-state index contributed by atoms with van der Waals surface area (Å²) in [5.74, 6) is 0.584. The van der Waals surface area contributed by atoms with Crippen molar-refractivity contribution in [2.45, 2.75) is 26.7 Å². The van der Waals surface area contributed by atoms with E-state index in [0.717, 1.165) is 12.8 Å². The van der Waals surface area contributed by atoms with Crippen molar-refractivity contribution in [2.24, 2.45) is 16.8 Å². The first-order valence-corrected chi connectivity index (χ1v) is 6.57. The highest BCUT2D eigenvalue weighted by molar-refractivity contribution is 5.92. The van der Waals surface area contributed by atoms with Crippen LogP contribution in [0, 0.1) is 5.92 Å². The molecular weight excluding hydrogens is 258 g/mol. The van der Waals surface area contributed by atoms with E-state index in [-0.39, 0.29) is 24.3 Å². The summed E-state index contributed by atoms with van der Waals surface area (Å²) in [6, 6.07) is 6.92. The Morgan fingerprint density at radius 2 is 2.10 bits per heavy atom. The number of nitrogens with zero attached hydrogens (tertiary/aromatic N) is 1. The van der Waals surface area contributed by atoms with Gasteiger partial charge in [0.05, 0.1) is 0 Å². The number of rotatable bonds is 7. The number of carbonyl (C=O) groups is 1. The van der Waals surface area contributed by atoms with Gasteiger partial charge in [0.15, 0.2) is 5.84 Å². The van der Waals surface area contributed by atoms with Gasteiger partial charge >= 0.3 is 0 Å². The Kier molecular flexibility index (Phi) is 6.36. The molecule has 0 aliphatic heterocycles. The summed E-state index contributed by atoms with van der Waals surface area (Å²) < 4.78 is 5.28. The summed E-state index contributed by atoms with van der Waals surface area (Å²) in [5, 5.41) is 14.0. The van der Waals surface area contributed by atoms with E-state index in [4.69, 9.17) is 15.7 Å². The van der Waals surface area contributed by atoms with Gasteiger partial charge in [0.1, 0.15) is 12.4 Å². The normalized spacial score (nSPS) is 12.8. The Morgan fingerprint density at radius 3 is 2.65 bits per heavy atom. The fourth-order valence-corrected chi connectivity index (χ4v) is 1.65. The second kappa shape index (κ2) is 8.04. The first kappa shape index (κ1) is 15.8. The van der Waals surface area contributed by atoms with Crippen molar-refractivity contribution in [3.05, 3.63) is 24.3 Å². The standard InChI is InChI=1S/C14H21N3O3/c1-3-4-10(2)14(18)16-11-5-7-12(8-6-11)20-9-13(15)17-19/h5-8,10,19H,3-4,9H2,1-2H3,(H2,15,17)(H,16,18). The lowest BCUT2D eigenvalue weighted by Gasteiger charge is -2.11. The number of hydrogen-bond donors (Lipinski definition) is 3. The molecule has 0 saturated heterocycles. The lowest BCUT2D eigenvalue weighted by molar-refractivity contribution is -0.119. The number of hydrogen-bond acceptors (Lipinski definition) is 4. The highest BCUT2D eigenvalue weighted by atomic mass is 16.5. The zero-order chi connectivity index (χ0) is 15.0. The first-order chi connectivity index (χ1) is 9.56. The largest absolute Gasteiger partial charge is 0.486 e. The van der Waals surface area contributed by atoms with E-state index in [1.54, 1.807) is 24.3 Å². The molecule has 0 bridgehead atoms. The quantitative estimate of drug-likeness (QED) is 0.308. The molecule has 6 nitrogen and oxygen atoms in total. The lowest BCUT2D eigenvalue weighted by atomic mass is 10.1. The van der Waals surface area contributed by atoms with E-state index in [0.29, 0.717) is 11.4 Å². The molecule has 0 aromatic heterocycles. The Hall–Kier alpha value is -2.24. The number of amides is 1. The predicted octanol–water partition coefficient (Wildman–Crippen LogP) is 2.19. The van der Waals surface area contributed by atoms with Gasteiger partial charge < -0.3 is 21.0 Å². The van der Waals surface area contributed by atoms with Gasteiger partial charge in [-0.2, -0.15) is 0 Å². The molecule has 6 heteroatoms. The topological polar surface area (TPSA) is 96.9 Å². The van der Waals surface area contributed by atoms with E-state index in [1.165, 1.54) is 0 Å². The molecule has 1 atom stereocenters. The van der Waals surface area contributed by atoms with Crippen molar-refractivity contribution >= 4 is 17.4 Å². The van der Waals surface area contributed by atoms with Crippen molar-refractivity contribution in [3.8, 4) is 5.75 Å². The molecule has 0 spiro atoms. The zero-order valence-electron chi connectivity index (χ0n) is 11.8. The van der Waals surface area contributed by atoms with Gasteiger partial charge in [-0.15, -0.1) is 0 Å². The molecule has 1 unspecified atom stereocenters. The molecule has 0 aliphatic carbocycles. The lowest BCUT2D eigenvalue weighted by Crippen LogP contribution is -2.21. The Bertz CT molecular complexity index is 457. The second-order valence-electron chi connectivity index (χ2n) is 4.58. The number of nitrogens with one attached hydrogen (secondary N) is 1. The fraction of sp³-hybridized carbons (Fsp3) is 0.429. The highest BCUT2D eigenvalue weighted by Crippen LogP contribution is 2.17. The summed E-state index contributed by atoms with van der Waals surface area (Å²) in [6.07, 6.45) is 1.85. The van der Waals surface area contributed by atoms with Gasteiger partial charge in [-0.25, -0.2) is 0 Å². The summed E-state index contributed by atoms with van der Waals surface area (Å²) in [7, 11) is 0. The number of anilines is 1. The van der Waals surface area contributed by atoms with Crippen LogP contribution in [0.2, 0.25) is 0 Å². The second-order valence-corrected chi connectivity index (χ2v) is 4.58. The van der Waals surface area contributed by atoms with Gasteiger partial charge in [0, 0.05) is 11.6 Å². The number of benzene rings is 1. The monoisotopic (exact) mass is 279 g/mol. The van der Waals surface area contributed by atoms with E-state index in [1.807, 2.05) is 6.92 Å². The van der Waals surface area contributed by atoms with Crippen LogP contribution in [0.4, 0.5) is 5.69 Å². The van der Waals surface area contributed by atoms with Crippen LogP contribution >= 0.6 is 0 Å². The van der Waals surface area contributed by atoms with Gasteiger partial charge in [-0.05, 0) is 30.7 Å². The fourth-order valence-electron chi connectivity index (χ4n) is 1.65. The molecule has 110 valence electrons. The summed E-state index contributed by atoms with van der Waals surface area (Å²) in [6.45, 7) is 3.97. The minimum atomic E-state index is -0.00392. The number of amidine groups is 1. The number of nitrogens with two attached hydrogens (primary N) is 1. The summed E-state index contributed by atoms with van der Waals surface area (Å²) >= 11 is 0. The average Bonchev–Trinajstić information content (AvgIpc) is 2.46. The third-order valence-corrected chi connectivity index (χ3v) is 2.81. The smallest absolute Gasteiger partial charge is 0.227 e. The minimum Gasteiger partial charge on any atom is -0.486 e. The molecular formula is C14H21N3O3. The summed E-state index contributed by atoms with van der Waals surface area (Å²) in [4.78, 5) is 11.8. The Labute approximate surface area is 118 Å². The van der Waals surface area contributed by atoms with Gasteiger partial charge in [0.25, 0.3) is 0 Å². The molecule has 0 saturated carbocycles. The molecule has 0 heterocycles. The van der Waals surface area contributed by atoms with Crippen LogP contribution in [0.5, 0.6) is 5.75 Å². The highest BCUT2D eigenvalue weighted by Gasteiger charge is 2.11. The maximum atomic E-state index is 11.8. The van der Waals surface area contributed by atoms with Gasteiger partial charge in [-0.3, -0.25) is 4.79 Å². The first-order valence-electron chi connectivity index (χ1n) is 6.57. The van der Waals surface area contributed by atoms with Crippen LogP contribution in [-0.4, -0.2) is 23.6 Å². The van der Waals surface area contributed by atoms with E-state index in [9.17, 15) is 4.79 Å². The molecule has 1 aromatic carbocycles. The maximum Gasteiger partial charge on any atom is 0.227 e. The molecule has 0 radical (unpaired) electrons. The zero-order valence-corrected chi connectivity index (χ0v) is 11.8. The number of carbonyl (C=O) groups excluding carboxylic acids is 1. The molecule has 1 rings (SSSR count). The minimum absolute atomic E-state index is 0.00325. The van der Waals surface area contributed by atoms with Crippen molar-refractivity contribution < 1.29 is 14.7 Å². The third-order valence-electron chi connectivity index (χ3n) is 2.81. The molecule has 1 amide bonds.